The third kappa shape index (κ3) is 4.86. The maximum atomic E-state index is 12.1. The van der Waals surface area contributed by atoms with Crippen molar-refractivity contribution in [2.75, 3.05) is 34.5 Å². The lowest BCUT2D eigenvalue weighted by atomic mass is 10.1. The van der Waals surface area contributed by atoms with Crippen LogP contribution < -0.4 is 23.7 Å². The zero-order chi connectivity index (χ0) is 20.8. The molecule has 0 radical (unpaired) electrons. The summed E-state index contributed by atoms with van der Waals surface area (Å²) in [5.41, 5.74) is 1.40. The minimum absolute atomic E-state index is 0.0504. The van der Waals surface area contributed by atoms with E-state index in [0.717, 1.165) is 0 Å². The molecule has 1 aliphatic rings. The highest BCUT2D eigenvalue weighted by molar-refractivity contribution is 6.32. The van der Waals surface area contributed by atoms with Crippen molar-refractivity contribution in [1.82, 2.24) is 0 Å². The highest BCUT2D eigenvalue weighted by Crippen LogP contribution is 2.39. The molecule has 0 spiro atoms. The number of halogens is 1. The first-order valence-corrected chi connectivity index (χ1v) is 9.16. The van der Waals surface area contributed by atoms with Crippen LogP contribution in [0.3, 0.4) is 0 Å². The maximum absolute atomic E-state index is 12.1. The molecule has 0 unspecified atom stereocenters. The van der Waals surface area contributed by atoms with Gasteiger partial charge in [-0.05, 0) is 41.5 Å². The van der Waals surface area contributed by atoms with Gasteiger partial charge in [-0.15, -0.1) is 0 Å². The third-order valence-electron chi connectivity index (χ3n) is 4.14. The second-order valence-electron chi connectivity index (χ2n) is 6.00. The summed E-state index contributed by atoms with van der Waals surface area (Å²) in [6.07, 6.45) is 2.92. The molecule has 2 aromatic carbocycles. The van der Waals surface area contributed by atoms with Crippen LogP contribution in [0.25, 0.3) is 6.08 Å². The normalized spacial score (nSPS) is 12.6. The second-order valence-corrected chi connectivity index (χ2v) is 6.41. The lowest BCUT2D eigenvalue weighted by Gasteiger charge is -2.20. The fourth-order valence-electron chi connectivity index (χ4n) is 2.81. The number of hydrogen-bond acceptors (Lipinski definition) is 7. The van der Waals surface area contributed by atoms with Crippen molar-refractivity contribution < 1.29 is 33.2 Å². The molecular formula is C21H21ClO7. The Morgan fingerprint density at radius 2 is 1.72 bits per heavy atom. The Balaban J connectivity index is 1.67. The monoisotopic (exact) mass is 420 g/mol. The predicted molar refractivity (Wildman–Crippen MR) is 107 cm³/mol. The SMILES string of the molecule is COc1cc(/C=C/C(=O)OCc2cc(Cl)c3c(c2)OCCO3)cc(OC)c1OC. The number of carbonyl (C=O) groups is 1. The number of rotatable bonds is 7. The second kappa shape index (κ2) is 9.43. The fourth-order valence-corrected chi connectivity index (χ4v) is 3.10. The van der Waals surface area contributed by atoms with Gasteiger partial charge in [0.25, 0.3) is 0 Å². The van der Waals surface area contributed by atoms with Gasteiger partial charge >= 0.3 is 5.97 Å². The number of carbonyl (C=O) groups excluding carboxylic acids is 1. The molecule has 1 aliphatic heterocycles. The molecule has 1 heterocycles. The maximum Gasteiger partial charge on any atom is 0.331 e. The van der Waals surface area contributed by atoms with E-state index in [1.165, 1.54) is 27.4 Å². The lowest BCUT2D eigenvalue weighted by Crippen LogP contribution is -2.16. The Hall–Kier alpha value is -3.06. The van der Waals surface area contributed by atoms with Crippen LogP contribution in [0.4, 0.5) is 0 Å². The Kier molecular flexibility index (Phi) is 6.72. The van der Waals surface area contributed by atoms with E-state index in [2.05, 4.69) is 0 Å². The number of hydrogen-bond donors (Lipinski definition) is 0. The smallest absolute Gasteiger partial charge is 0.331 e. The molecule has 0 amide bonds. The summed E-state index contributed by atoms with van der Waals surface area (Å²) in [6.45, 7) is 0.950. The Morgan fingerprint density at radius 3 is 2.38 bits per heavy atom. The van der Waals surface area contributed by atoms with E-state index < -0.39 is 5.97 Å². The van der Waals surface area contributed by atoms with Crippen LogP contribution in [0, 0.1) is 0 Å². The first-order chi connectivity index (χ1) is 14.0. The van der Waals surface area contributed by atoms with Gasteiger partial charge in [0.1, 0.15) is 19.8 Å². The summed E-state index contributed by atoms with van der Waals surface area (Å²) in [5.74, 6) is 2.00. The average Bonchev–Trinajstić information content (AvgIpc) is 2.75. The molecule has 2 aromatic rings. The summed E-state index contributed by atoms with van der Waals surface area (Å²) in [4.78, 5) is 12.1. The van der Waals surface area contributed by atoms with E-state index in [1.807, 2.05) is 0 Å². The molecule has 29 heavy (non-hydrogen) atoms. The van der Waals surface area contributed by atoms with Gasteiger partial charge in [-0.3, -0.25) is 0 Å². The van der Waals surface area contributed by atoms with Gasteiger partial charge in [-0.1, -0.05) is 11.6 Å². The molecule has 7 nitrogen and oxygen atoms in total. The summed E-state index contributed by atoms with van der Waals surface area (Å²) in [7, 11) is 4.58. The standard InChI is InChI=1S/C21H21ClO7/c1-24-16-9-13(10-17(25-2)21(16)26-3)4-5-19(23)29-12-14-8-15(22)20-18(11-14)27-6-7-28-20/h4-5,8-11H,6-7,12H2,1-3H3/b5-4+. The topological polar surface area (TPSA) is 72.5 Å². The van der Waals surface area contributed by atoms with E-state index in [4.69, 9.17) is 40.0 Å². The van der Waals surface area contributed by atoms with Gasteiger partial charge in [0.2, 0.25) is 5.75 Å². The van der Waals surface area contributed by atoms with Crippen LogP contribution in [0.2, 0.25) is 5.02 Å². The average molecular weight is 421 g/mol. The van der Waals surface area contributed by atoms with Crippen LogP contribution in [0.1, 0.15) is 11.1 Å². The van der Waals surface area contributed by atoms with Crippen molar-refractivity contribution in [3.05, 3.63) is 46.5 Å². The minimum atomic E-state index is -0.509. The molecule has 0 aliphatic carbocycles. The molecule has 0 bridgehead atoms. The number of fused-ring (bicyclic) bond motifs is 1. The van der Waals surface area contributed by atoms with Crippen molar-refractivity contribution in [1.29, 1.82) is 0 Å². The highest BCUT2D eigenvalue weighted by Gasteiger charge is 2.17. The van der Waals surface area contributed by atoms with E-state index in [1.54, 1.807) is 30.3 Å². The summed E-state index contributed by atoms with van der Waals surface area (Å²) in [5, 5.41) is 0.418. The van der Waals surface area contributed by atoms with Crippen molar-refractivity contribution in [2.24, 2.45) is 0 Å². The third-order valence-corrected chi connectivity index (χ3v) is 4.42. The molecular weight excluding hydrogens is 400 g/mol. The number of methoxy groups -OCH3 is 3. The van der Waals surface area contributed by atoms with Crippen molar-refractivity contribution >= 4 is 23.6 Å². The van der Waals surface area contributed by atoms with Gasteiger partial charge in [-0.25, -0.2) is 4.79 Å². The fraction of sp³-hybridized carbons (Fsp3) is 0.286. The molecule has 154 valence electrons. The molecule has 0 saturated carbocycles. The molecule has 3 rings (SSSR count). The van der Waals surface area contributed by atoms with Crippen LogP contribution in [0.15, 0.2) is 30.3 Å². The summed E-state index contributed by atoms with van der Waals surface area (Å²) >= 11 is 6.19. The number of ether oxygens (including phenoxy) is 6. The van der Waals surface area contributed by atoms with Gasteiger partial charge in [0.05, 0.1) is 26.4 Å². The molecule has 8 heteroatoms. The quantitative estimate of drug-likeness (QED) is 0.497. The van der Waals surface area contributed by atoms with Crippen LogP contribution in [-0.4, -0.2) is 40.5 Å². The van der Waals surface area contributed by atoms with Crippen LogP contribution >= 0.6 is 11.6 Å². The van der Waals surface area contributed by atoms with Crippen molar-refractivity contribution in [2.45, 2.75) is 6.61 Å². The van der Waals surface area contributed by atoms with Gasteiger partial charge in [-0.2, -0.15) is 0 Å². The van der Waals surface area contributed by atoms with Crippen molar-refractivity contribution in [3.63, 3.8) is 0 Å². The zero-order valence-corrected chi connectivity index (χ0v) is 17.1. The highest BCUT2D eigenvalue weighted by atomic mass is 35.5. The first kappa shape index (κ1) is 20.7. The first-order valence-electron chi connectivity index (χ1n) is 8.78. The Labute approximate surface area is 173 Å². The molecule has 0 aromatic heterocycles. The van der Waals surface area contributed by atoms with E-state index in [9.17, 15) is 4.79 Å². The van der Waals surface area contributed by atoms with Gasteiger partial charge in [0.15, 0.2) is 23.0 Å². The van der Waals surface area contributed by atoms with E-state index >= 15 is 0 Å². The minimum Gasteiger partial charge on any atom is -0.493 e. The van der Waals surface area contributed by atoms with E-state index in [0.29, 0.717) is 58.1 Å². The largest absolute Gasteiger partial charge is 0.493 e. The van der Waals surface area contributed by atoms with Crippen molar-refractivity contribution in [3.8, 4) is 28.7 Å². The molecule has 0 saturated heterocycles. The van der Waals surface area contributed by atoms with Gasteiger partial charge < -0.3 is 28.4 Å². The predicted octanol–water partition coefficient (Wildman–Crippen LogP) is 3.89. The summed E-state index contributed by atoms with van der Waals surface area (Å²) < 4.78 is 32.2. The summed E-state index contributed by atoms with van der Waals surface area (Å²) in [6, 6.07) is 6.89. The number of benzene rings is 2. The lowest BCUT2D eigenvalue weighted by molar-refractivity contribution is -0.138. The number of esters is 1. The van der Waals surface area contributed by atoms with Crippen LogP contribution in [-0.2, 0) is 16.1 Å². The zero-order valence-electron chi connectivity index (χ0n) is 16.3. The Morgan fingerprint density at radius 1 is 1.03 bits per heavy atom. The molecule has 0 atom stereocenters. The van der Waals surface area contributed by atoms with Crippen LogP contribution in [0.5, 0.6) is 28.7 Å². The molecule has 0 N–H and O–H groups in total. The van der Waals surface area contributed by atoms with E-state index in [-0.39, 0.29) is 6.61 Å². The van der Waals surface area contributed by atoms with Gasteiger partial charge in [0, 0.05) is 6.08 Å². The molecule has 0 fully saturated rings. The Bertz CT molecular complexity index is 898.